The van der Waals surface area contributed by atoms with Gasteiger partial charge in [0.15, 0.2) is 0 Å². The van der Waals surface area contributed by atoms with E-state index < -0.39 is 10.8 Å². The normalized spacial score (nSPS) is 10.5. The number of halogens is 1. The van der Waals surface area contributed by atoms with Crippen LogP contribution in [0.4, 0.5) is 11.7 Å². The number of nitro groups is 1. The zero-order valence-corrected chi connectivity index (χ0v) is 14.9. The van der Waals surface area contributed by atoms with Crippen LogP contribution < -0.4 is 5.32 Å². The molecule has 0 atom stereocenters. The summed E-state index contributed by atoms with van der Waals surface area (Å²) in [7, 11) is 0. The quantitative estimate of drug-likeness (QED) is 0.393. The maximum atomic E-state index is 12.3. The Kier molecular flexibility index (Phi) is 5.19. The molecule has 26 heavy (non-hydrogen) atoms. The third-order valence-electron chi connectivity index (χ3n) is 3.39. The van der Waals surface area contributed by atoms with Crippen LogP contribution in [0.1, 0.15) is 10.4 Å². The molecule has 0 spiro atoms. The number of benzene rings is 2. The summed E-state index contributed by atoms with van der Waals surface area (Å²) in [5.74, 6) is -0.442. The minimum atomic E-state index is -0.688. The Hall–Kier alpha value is -2.91. The van der Waals surface area contributed by atoms with Gasteiger partial charge in [-0.1, -0.05) is 28.8 Å². The van der Waals surface area contributed by atoms with Gasteiger partial charge >= 0.3 is 6.01 Å². The van der Waals surface area contributed by atoms with Gasteiger partial charge in [0.25, 0.3) is 17.5 Å². The number of nitrogens with zero attached hydrogens (tertiary/aromatic N) is 3. The molecule has 0 unspecified atom stereocenters. The highest BCUT2D eigenvalue weighted by molar-refractivity contribution is 7.98. The summed E-state index contributed by atoms with van der Waals surface area (Å²) >= 11 is 7.47. The summed E-state index contributed by atoms with van der Waals surface area (Å²) in [4.78, 5) is 23.5. The van der Waals surface area contributed by atoms with E-state index in [2.05, 4.69) is 15.5 Å². The average Bonchev–Trinajstić information content (AvgIpc) is 3.10. The van der Waals surface area contributed by atoms with Crippen LogP contribution in [-0.2, 0) is 0 Å². The summed E-state index contributed by atoms with van der Waals surface area (Å²) < 4.78 is 5.48. The summed E-state index contributed by atoms with van der Waals surface area (Å²) in [5.41, 5.74) is 0.422. The van der Waals surface area contributed by atoms with Crippen molar-refractivity contribution in [3.8, 4) is 11.5 Å². The van der Waals surface area contributed by atoms with Crippen LogP contribution in [0.25, 0.3) is 11.5 Å². The van der Waals surface area contributed by atoms with Crippen molar-refractivity contribution >= 4 is 41.0 Å². The van der Waals surface area contributed by atoms with Crippen molar-refractivity contribution in [3.63, 3.8) is 0 Å². The van der Waals surface area contributed by atoms with Crippen molar-refractivity contribution in [2.45, 2.75) is 4.90 Å². The Morgan fingerprint density at radius 3 is 2.77 bits per heavy atom. The van der Waals surface area contributed by atoms with Gasteiger partial charge in [-0.2, -0.15) is 0 Å². The highest BCUT2D eigenvalue weighted by Gasteiger charge is 2.19. The van der Waals surface area contributed by atoms with E-state index in [1.54, 1.807) is 0 Å². The summed E-state index contributed by atoms with van der Waals surface area (Å²) in [6, 6.07) is 10.9. The number of thioether (sulfide) groups is 1. The standard InChI is InChI=1S/C16H11ClN4O4S/c1-26-13-5-3-2-4-10(13)15-19-20-16(25-15)18-14(22)11-8-9(21(23)24)6-7-12(11)17/h2-8H,1H3,(H,18,20,22). The third-order valence-corrected chi connectivity index (χ3v) is 4.51. The lowest BCUT2D eigenvalue weighted by atomic mass is 10.2. The zero-order valence-electron chi connectivity index (χ0n) is 13.3. The van der Waals surface area contributed by atoms with Gasteiger partial charge in [-0.25, -0.2) is 0 Å². The Labute approximate surface area is 156 Å². The molecular weight excluding hydrogens is 380 g/mol. The summed E-state index contributed by atoms with van der Waals surface area (Å²) in [6.07, 6.45) is 1.92. The van der Waals surface area contributed by atoms with Gasteiger partial charge in [0.2, 0.25) is 0 Å². The van der Waals surface area contributed by atoms with Gasteiger partial charge in [0.05, 0.1) is 21.1 Å². The van der Waals surface area contributed by atoms with E-state index in [9.17, 15) is 14.9 Å². The molecule has 1 amide bonds. The number of amides is 1. The Bertz CT molecular complexity index is 992. The molecule has 0 aliphatic rings. The minimum Gasteiger partial charge on any atom is -0.403 e. The van der Waals surface area contributed by atoms with Crippen LogP contribution in [0.5, 0.6) is 0 Å². The molecule has 2 aromatic carbocycles. The Morgan fingerprint density at radius 1 is 1.27 bits per heavy atom. The number of carbonyl (C=O) groups excluding carboxylic acids is 1. The fourth-order valence-corrected chi connectivity index (χ4v) is 2.96. The molecule has 1 N–H and O–H groups in total. The molecule has 3 aromatic rings. The lowest BCUT2D eigenvalue weighted by Gasteiger charge is -2.03. The van der Waals surface area contributed by atoms with Crippen molar-refractivity contribution in [1.29, 1.82) is 0 Å². The molecule has 0 fully saturated rings. The van der Waals surface area contributed by atoms with E-state index >= 15 is 0 Å². The topological polar surface area (TPSA) is 111 Å². The number of anilines is 1. The number of nitro benzene ring substituents is 1. The second-order valence-electron chi connectivity index (χ2n) is 4.99. The first-order valence-electron chi connectivity index (χ1n) is 7.22. The summed E-state index contributed by atoms with van der Waals surface area (Å²) in [6.45, 7) is 0. The molecule has 1 heterocycles. The SMILES string of the molecule is CSc1ccccc1-c1nnc(NC(=O)c2cc([N+](=O)[O-])ccc2Cl)o1. The van der Waals surface area contributed by atoms with E-state index in [0.29, 0.717) is 0 Å². The smallest absolute Gasteiger partial charge is 0.322 e. The lowest BCUT2D eigenvalue weighted by molar-refractivity contribution is -0.384. The molecule has 8 nitrogen and oxygen atoms in total. The highest BCUT2D eigenvalue weighted by atomic mass is 35.5. The molecule has 0 bridgehead atoms. The van der Waals surface area contributed by atoms with Crippen molar-refractivity contribution < 1.29 is 14.1 Å². The molecule has 3 rings (SSSR count). The molecule has 132 valence electrons. The van der Waals surface area contributed by atoms with E-state index in [0.717, 1.165) is 16.5 Å². The number of nitrogens with one attached hydrogen (secondary N) is 1. The number of carbonyl (C=O) groups is 1. The summed E-state index contributed by atoms with van der Waals surface area (Å²) in [5, 5.41) is 21.0. The largest absolute Gasteiger partial charge is 0.403 e. The molecule has 1 aromatic heterocycles. The van der Waals surface area contributed by atoms with Gasteiger partial charge in [0, 0.05) is 17.0 Å². The second kappa shape index (κ2) is 7.54. The minimum absolute atomic E-state index is 0.0647. The number of hydrogen-bond acceptors (Lipinski definition) is 7. The molecule has 0 radical (unpaired) electrons. The first kappa shape index (κ1) is 17.9. The van der Waals surface area contributed by atoms with Gasteiger partial charge in [0.1, 0.15) is 0 Å². The fourth-order valence-electron chi connectivity index (χ4n) is 2.17. The van der Waals surface area contributed by atoms with Crippen LogP contribution in [0.3, 0.4) is 0 Å². The maximum absolute atomic E-state index is 12.3. The molecule has 0 aliphatic carbocycles. The van der Waals surface area contributed by atoms with Crippen molar-refractivity contribution in [1.82, 2.24) is 10.2 Å². The first-order chi connectivity index (χ1) is 12.5. The number of rotatable bonds is 5. The van der Waals surface area contributed by atoms with E-state index in [1.165, 1.54) is 23.9 Å². The van der Waals surface area contributed by atoms with Crippen molar-refractivity contribution in [3.05, 3.63) is 63.2 Å². The second-order valence-corrected chi connectivity index (χ2v) is 6.24. The number of aromatic nitrogens is 2. The predicted molar refractivity (Wildman–Crippen MR) is 97.6 cm³/mol. The molecular formula is C16H11ClN4O4S. The fraction of sp³-hybridized carbons (Fsp3) is 0.0625. The van der Waals surface area contributed by atoms with Crippen LogP contribution in [-0.4, -0.2) is 27.3 Å². The van der Waals surface area contributed by atoms with E-state index in [4.69, 9.17) is 16.0 Å². The zero-order chi connectivity index (χ0) is 18.7. The monoisotopic (exact) mass is 390 g/mol. The van der Waals surface area contributed by atoms with Gasteiger partial charge in [-0.3, -0.25) is 20.2 Å². The molecule has 0 aliphatic heterocycles. The molecule has 0 saturated carbocycles. The third kappa shape index (κ3) is 3.68. The van der Waals surface area contributed by atoms with Crippen LogP contribution in [0, 0.1) is 10.1 Å². The lowest BCUT2D eigenvalue weighted by Crippen LogP contribution is -2.13. The average molecular weight is 391 g/mol. The van der Waals surface area contributed by atoms with Gasteiger partial charge < -0.3 is 4.42 Å². The van der Waals surface area contributed by atoms with Gasteiger partial charge in [-0.05, 0) is 24.5 Å². The van der Waals surface area contributed by atoms with E-state index in [-0.39, 0.29) is 28.2 Å². The maximum Gasteiger partial charge on any atom is 0.322 e. The van der Waals surface area contributed by atoms with Crippen LogP contribution >= 0.6 is 23.4 Å². The first-order valence-corrected chi connectivity index (χ1v) is 8.82. The predicted octanol–water partition coefficient (Wildman–Crippen LogP) is 4.27. The highest BCUT2D eigenvalue weighted by Crippen LogP contribution is 2.30. The van der Waals surface area contributed by atoms with Gasteiger partial charge in [-0.15, -0.1) is 16.9 Å². The molecule has 10 heteroatoms. The number of non-ortho nitro benzene ring substituents is 1. The Balaban J connectivity index is 1.85. The van der Waals surface area contributed by atoms with Crippen LogP contribution in [0.15, 0.2) is 51.8 Å². The van der Waals surface area contributed by atoms with Crippen LogP contribution in [0.2, 0.25) is 5.02 Å². The molecule has 0 saturated heterocycles. The Morgan fingerprint density at radius 2 is 2.04 bits per heavy atom. The van der Waals surface area contributed by atoms with Crippen molar-refractivity contribution in [2.24, 2.45) is 0 Å². The van der Waals surface area contributed by atoms with Crippen molar-refractivity contribution in [2.75, 3.05) is 11.6 Å². The van der Waals surface area contributed by atoms with E-state index in [1.807, 2.05) is 30.5 Å². The number of hydrogen-bond donors (Lipinski definition) is 1.